The van der Waals surface area contributed by atoms with E-state index in [1.54, 1.807) is 11.1 Å². The highest BCUT2D eigenvalue weighted by Gasteiger charge is 2.27. The minimum absolute atomic E-state index is 0.756. The zero-order chi connectivity index (χ0) is 10.4. The molecule has 0 N–H and O–H groups in total. The van der Waals surface area contributed by atoms with Crippen molar-refractivity contribution in [3.8, 4) is 0 Å². The Hall–Kier alpha value is -1.30. The summed E-state index contributed by atoms with van der Waals surface area (Å²) in [6.45, 7) is 4.42. The van der Waals surface area contributed by atoms with Crippen LogP contribution in [0.25, 0.3) is 5.57 Å². The molecule has 0 aromatic heterocycles. The first-order valence-electron chi connectivity index (χ1n) is 5.71. The van der Waals surface area contributed by atoms with Gasteiger partial charge >= 0.3 is 0 Å². The molecule has 0 bridgehead atoms. The average molecular weight is 196 g/mol. The molecule has 0 heterocycles. The third-order valence-corrected chi connectivity index (χ3v) is 3.59. The Kier molecular flexibility index (Phi) is 1.85. The molecule has 15 heavy (non-hydrogen) atoms. The first kappa shape index (κ1) is 8.96. The summed E-state index contributed by atoms with van der Waals surface area (Å²) in [6.07, 6.45) is 7.10. The lowest BCUT2D eigenvalue weighted by Gasteiger charge is -2.16. The minimum Gasteiger partial charge on any atom is -0.0727 e. The molecule has 1 aromatic carbocycles. The quantitative estimate of drug-likeness (QED) is 0.590. The van der Waals surface area contributed by atoms with Gasteiger partial charge in [-0.05, 0) is 49.3 Å². The molecule has 1 unspecified atom stereocenters. The van der Waals surface area contributed by atoms with Gasteiger partial charge in [0.15, 0.2) is 0 Å². The molecule has 0 aliphatic heterocycles. The highest BCUT2D eigenvalue weighted by atomic mass is 14.3. The van der Waals surface area contributed by atoms with Crippen LogP contribution in [0, 0.1) is 12.8 Å². The molecule has 76 valence electrons. The van der Waals surface area contributed by atoms with Crippen LogP contribution in [-0.2, 0) is 6.42 Å². The highest BCUT2D eigenvalue weighted by Crippen LogP contribution is 2.42. The number of fused-ring (bicyclic) bond motifs is 3. The molecule has 0 nitrogen and oxygen atoms in total. The van der Waals surface area contributed by atoms with Gasteiger partial charge in [-0.25, -0.2) is 0 Å². The van der Waals surface area contributed by atoms with Crippen LogP contribution in [0.5, 0.6) is 0 Å². The van der Waals surface area contributed by atoms with E-state index in [4.69, 9.17) is 0 Å². The molecule has 0 radical (unpaired) electrons. The SMILES string of the molecule is CC1=CC=C2c3ccc(C)cc3CC2C1. The van der Waals surface area contributed by atoms with E-state index < -0.39 is 0 Å². The normalized spacial score (nSPS) is 22.9. The average Bonchev–Trinajstić information content (AvgIpc) is 2.53. The predicted molar refractivity (Wildman–Crippen MR) is 64.7 cm³/mol. The Morgan fingerprint density at radius 1 is 1.07 bits per heavy atom. The molecule has 1 aromatic rings. The van der Waals surface area contributed by atoms with Crippen LogP contribution in [0.4, 0.5) is 0 Å². The van der Waals surface area contributed by atoms with E-state index in [-0.39, 0.29) is 0 Å². The molecule has 0 heteroatoms. The van der Waals surface area contributed by atoms with Gasteiger partial charge in [0.1, 0.15) is 0 Å². The van der Waals surface area contributed by atoms with Crippen molar-refractivity contribution in [1.82, 2.24) is 0 Å². The van der Waals surface area contributed by atoms with E-state index in [0.29, 0.717) is 0 Å². The van der Waals surface area contributed by atoms with Crippen LogP contribution in [0.3, 0.4) is 0 Å². The van der Waals surface area contributed by atoms with Crippen molar-refractivity contribution in [2.24, 2.45) is 5.92 Å². The second kappa shape index (κ2) is 3.10. The number of benzene rings is 1. The fourth-order valence-electron chi connectivity index (χ4n) is 2.87. The van der Waals surface area contributed by atoms with Gasteiger partial charge in [-0.3, -0.25) is 0 Å². The lowest BCUT2D eigenvalue weighted by Crippen LogP contribution is -2.02. The van der Waals surface area contributed by atoms with Crippen molar-refractivity contribution in [3.05, 3.63) is 52.6 Å². The molecule has 2 aliphatic carbocycles. The van der Waals surface area contributed by atoms with Gasteiger partial charge in [0.2, 0.25) is 0 Å². The van der Waals surface area contributed by atoms with Gasteiger partial charge < -0.3 is 0 Å². The fraction of sp³-hybridized carbons (Fsp3) is 0.333. The van der Waals surface area contributed by atoms with E-state index in [2.05, 4.69) is 44.2 Å². The van der Waals surface area contributed by atoms with Gasteiger partial charge in [0.25, 0.3) is 0 Å². The molecule has 1 atom stereocenters. The van der Waals surface area contributed by atoms with E-state index in [1.807, 2.05) is 0 Å². The first-order chi connectivity index (χ1) is 7.24. The number of hydrogen-bond donors (Lipinski definition) is 0. The van der Waals surface area contributed by atoms with Gasteiger partial charge in [-0.1, -0.05) is 41.5 Å². The third-order valence-electron chi connectivity index (χ3n) is 3.59. The second-order valence-electron chi connectivity index (χ2n) is 4.90. The molecule has 0 saturated carbocycles. The summed E-state index contributed by atoms with van der Waals surface area (Å²) in [6, 6.07) is 6.88. The van der Waals surface area contributed by atoms with E-state index in [9.17, 15) is 0 Å². The molecule has 0 spiro atoms. The number of allylic oxidation sites excluding steroid dienone is 4. The van der Waals surface area contributed by atoms with Crippen LogP contribution >= 0.6 is 0 Å². The smallest absolute Gasteiger partial charge is 0.00780 e. The lowest BCUT2D eigenvalue weighted by molar-refractivity contribution is 0.678. The van der Waals surface area contributed by atoms with Gasteiger partial charge in [0, 0.05) is 0 Å². The van der Waals surface area contributed by atoms with Gasteiger partial charge in [0.05, 0.1) is 0 Å². The van der Waals surface area contributed by atoms with Crippen molar-refractivity contribution in [1.29, 1.82) is 0 Å². The van der Waals surface area contributed by atoms with E-state index >= 15 is 0 Å². The van der Waals surface area contributed by atoms with Crippen LogP contribution in [0.1, 0.15) is 30.0 Å². The topological polar surface area (TPSA) is 0 Å². The Bertz CT molecular complexity index is 475. The van der Waals surface area contributed by atoms with Gasteiger partial charge in [-0.15, -0.1) is 0 Å². The highest BCUT2D eigenvalue weighted by molar-refractivity contribution is 5.77. The number of hydrogen-bond acceptors (Lipinski definition) is 0. The molecular formula is C15H16. The second-order valence-corrected chi connectivity index (χ2v) is 4.90. The van der Waals surface area contributed by atoms with E-state index in [1.165, 1.54) is 29.5 Å². The predicted octanol–water partition coefficient (Wildman–Crippen LogP) is 3.90. The van der Waals surface area contributed by atoms with Crippen molar-refractivity contribution < 1.29 is 0 Å². The molecule has 0 amide bonds. The van der Waals surface area contributed by atoms with Crippen LogP contribution in [0.15, 0.2) is 35.9 Å². The Balaban J connectivity index is 2.11. The molecular weight excluding hydrogens is 180 g/mol. The van der Waals surface area contributed by atoms with Crippen molar-refractivity contribution >= 4 is 5.57 Å². The Morgan fingerprint density at radius 2 is 1.93 bits per heavy atom. The largest absolute Gasteiger partial charge is 0.0727 e. The zero-order valence-electron chi connectivity index (χ0n) is 9.38. The third kappa shape index (κ3) is 1.36. The lowest BCUT2D eigenvalue weighted by atomic mass is 9.88. The van der Waals surface area contributed by atoms with E-state index in [0.717, 1.165) is 5.92 Å². The summed E-state index contributed by atoms with van der Waals surface area (Å²) in [4.78, 5) is 0. The Labute approximate surface area is 91.3 Å². The summed E-state index contributed by atoms with van der Waals surface area (Å²) in [7, 11) is 0. The number of aryl methyl sites for hydroxylation is 1. The Morgan fingerprint density at radius 3 is 2.80 bits per heavy atom. The van der Waals surface area contributed by atoms with Crippen molar-refractivity contribution in [2.75, 3.05) is 0 Å². The van der Waals surface area contributed by atoms with Crippen molar-refractivity contribution in [3.63, 3.8) is 0 Å². The number of rotatable bonds is 0. The first-order valence-corrected chi connectivity index (χ1v) is 5.71. The summed E-state index contributed by atoms with van der Waals surface area (Å²) in [5.41, 5.74) is 7.52. The van der Waals surface area contributed by atoms with Crippen LogP contribution in [-0.4, -0.2) is 0 Å². The standard InChI is InChI=1S/C15H16/c1-10-3-5-14-12(7-10)9-13-8-11(2)4-6-15(13)14/h3-7,13H,8-9H2,1-2H3. The maximum absolute atomic E-state index is 2.35. The minimum atomic E-state index is 0.756. The summed E-state index contributed by atoms with van der Waals surface area (Å²) in [5, 5.41) is 0. The molecule has 2 aliphatic rings. The molecule has 0 saturated heterocycles. The van der Waals surface area contributed by atoms with Crippen LogP contribution in [0.2, 0.25) is 0 Å². The summed E-state index contributed by atoms with van der Waals surface area (Å²) in [5.74, 6) is 0.756. The molecule has 3 rings (SSSR count). The van der Waals surface area contributed by atoms with Gasteiger partial charge in [-0.2, -0.15) is 0 Å². The summed E-state index contributed by atoms with van der Waals surface area (Å²) < 4.78 is 0. The fourth-order valence-corrected chi connectivity index (χ4v) is 2.87. The maximum Gasteiger partial charge on any atom is -0.00780 e. The van der Waals surface area contributed by atoms with Crippen molar-refractivity contribution in [2.45, 2.75) is 26.7 Å². The summed E-state index contributed by atoms with van der Waals surface area (Å²) >= 11 is 0. The van der Waals surface area contributed by atoms with Crippen LogP contribution < -0.4 is 0 Å². The molecule has 0 fully saturated rings. The monoisotopic (exact) mass is 196 g/mol. The zero-order valence-corrected chi connectivity index (χ0v) is 9.38. The maximum atomic E-state index is 2.35.